The Morgan fingerprint density at radius 3 is 2.65 bits per heavy atom. The number of carbonyl (C=O) groups excluding carboxylic acids is 2. The van der Waals surface area contributed by atoms with Crippen molar-refractivity contribution < 1.29 is 27.8 Å². The van der Waals surface area contributed by atoms with Crippen LogP contribution in [0.1, 0.15) is 20.8 Å². The first-order chi connectivity index (χ1) is 10.9. The molecule has 1 amide bonds. The number of rotatable bonds is 5. The number of halogens is 2. The van der Waals surface area contributed by atoms with Gasteiger partial charge in [0.15, 0.2) is 5.69 Å². The Hall–Kier alpha value is -2.97. The van der Waals surface area contributed by atoms with Gasteiger partial charge in [0.1, 0.15) is 5.75 Å². The van der Waals surface area contributed by atoms with Gasteiger partial charge < -0.3 is 14.8 Å². The minimum atomic E-state index is -3.06. The summed E-state index contributed by atoms with van der Waals surface area (Å²) >= 11 is 0. The van der Waals surface area contributed by atoms with Crippen LogP contribution < -0.4 is 10.1 Å². The highest BCUT2D eigenvalue weighted by atomic mass is 19.3. The molecule has 2 rings (SSSR count). The Bertz CT molecular complexity index is 731. The Labute approximate surface area is 129 Å². The van der Waals surface area contributed by atoms with Crippen molar-refractivity contribution in [3.8, 4) is 5.75 Å². The lowest BCUT2D eigenvalue weighted by Crippen LogP contribution is -2.16. The van der Waals surface area contributed by atoms with E-state index in [1.807, 2.05) is 0 Å². The predicted molar refractivity (Wildman–Crippen MR) is 75.6 cm³/mol. The van der Waals surface area contributed by atoms with Gasteiger partial charge in [0, 0.05) is 13.2 Å². The van der Waals surface area contributed by atoms with Gasteiger partial charge in [-0.15, -0.1) is 0 Å². The first kappa shape index (κ1) is 16.4. The van der Waals surface area contributed by atoms with Gasteiger partial charge in [-0.05, 0) is 12.1 Å². The summed E-state index contributed by atoms with van der Waals surface area (Å²) in [6.45, 7) is -3.06. The topological polar surface area (TPSA) is 82.5 Å². The summed E-state index contributed by atoms with van der Waals surface area (Å²) in [7, 11) is 2.73. The van der Waals surface area contributed by atoms with Crippen molar-refractivity contribution in [2.75, 3.05) is 12.4 Å². The minimum Gasteiger partial charge on any atom is -0.464 e. The minimum absolute atomic E-state index is 0.0937. The maximum Gasteiger partial charge on any atom is 0.387 e. The lowest BCUT2D eigenvalue weighted by Gasteiger charge is -2.10. The molecule has 0 unspecified atom stereocenters. The largest absolute Gasteiger partial charge is 0.464 e. The molecule has 1 aromatic carbocycles. The normalized spacial score (nSPS) is 10.5. The number of benzene rings is 1. The molecule has 9 heteroatoms. The van der Waals surface area contributed by atoms with Crippen LogP contribution in [-0.4, -0.2) is 35.4 Å². The van der Waals surface area contributed by atoms with E-state index < -0.39 is 18.5 Å². The zero-order valence-electron chi connectivity index (χ0n) is 12.2. The molecule has 0 aliphatic heterocycles. The number of para-hydroxylation sites is 1. The van der Waals surface area contributed by atoms with E-state index in [0.29, 0.717) is 0 Å². The fourth-order valence-corrected chi connectivity index (χ4v) is 1.87. The monoisotopic (exact) mass is 325 g/mol. The van der Waals surface area contributed by atoms with Crippen LogP contribution >= 0.6 is 0 Å². The molecule has 0 radical (unpaired) electrons. The quantitative estimate of drug-likeness (QED) is 0.851. The average Bonchev–Trinajstić information content (AvgIpc) is 2.86. The smallest absolute Gasteiger partial charge is 0.387 e. The van der Waals surface area contributed by atoms with E-state index in [1.54, 1.807) is 7.05 Å². The fourth-order valence-electron chi connectivity index (χ4n) is 1.87. The van der Waals surface area contributed by atoms with Crippen molar-refractivity contribution in [2.24, 2.45) is 7.05 Å². The number of anilines is 1. The van der Waals surface area contributed by atoms with Gasteiger partial charge in [0.25, 0.3) is 5.91 Å². The summed E-state index contributed by atoms with van der Waals surface area (Å²) in [5.74, 6) is -1.74. The number of esters is 1. The molecule has 0 saturated carbocycles. The molecular formula is C14H13F2N3O4. The number of alkyl halides is 2. The van der Waals surface area contributed by atoms with Gasteiger partial charge in [-0.3, -0.25) is 9.48 Å². The molecule has 2 aromatic rings. The van der Waals surface area contributed by atoms with Gasteiger partial charge >= 0.3 is 12.6 Å². The van der Waals surface area contributed by atoms with E-state index in [1.165, 1.54) is 42.3 Å². The second kappa shape index (κ2) is 6.86. The number of nitrogens with zero attached hydrogens (tertiary/aromatic N) is 2. The van der Waals surface area contributed by atoms with Crippen LogP contribution in [0.4, 0.5) is 14.5 Å². The summed E-state index contributed by atoms with van der Waals surface area (Å²) < 4.78 is 34.9. The molecule has 1 aromatic heterocycles. The van der Waals surface area contributed by atoms with Crippen molar-refractivity contribution >= 4 is 17.6 Å². The number of amides is 1. The summed E-state index contributed by atoms with van der Waals surface area (Å²) in [4.78, 5) is 23.9. The van der Waals surface area contributed by atoms with E-state index in [0.717, 1.165) is 0 Å². The summed E-state index contributed by atoms with van der Waals surface area (Å²) in [5.41, 5.74) is -0.112. The highest BCUT2D eigenvalue weighted by molar-refractivity contribution is 6.08. The number of aromatic nitrogens is 2. The van der Waals surface area contributed by atoms with E-state index in [9.17, 15) is 18.4 Å². The van der Waals surface area contributed by atoms with Crippen LogP contribution in [0.25, 0.3) is 0 Å². The third kappa shape index (κ3) is 3.82. The van der Waals surface area contributed by atoms with Gasteiger partial charge in [-0.2, -0.15) is 13.9 Å². The lowest BCUT2D eigenvalue weighted by molar-refractivity contribution is -0.0501. The van der Waals surface area contributed by atoms with E-state index in [-0.39, 0.29) is 22.7 Å². The number of nitrogens with one attached hydrogen (secondary N) is 1. The lowest BCUT2D eigenvalue weighted by atomic mass is 10.2. The van der Waals surface area contributed by atoms with Gasteiger partial charge in [0.05, 0.1) is 18.4 Å². The highest BCUT2D eigenvalue weighted by Crippen LogP contribution is 2.22. The Morgan fingerprint density at radius 2 is 2.00 bits per heavy atom. The summed E-state index contributed by atoms with van der Waals surface area (Å²) in [6.07, 6.45) is 1.39. The number of ether oxygens (including phenoxy) is 2. The average molecular weight is 325 g/mol. The van der Waals surface area contributed by atoms with Crippen LogP contribution in [0.2, 0.25) is 0 Å². The van der Waals surface area contributed by atoms with Gasteiger partial charge in [-0.1, -0.05) is 12.1 Å². The second-order valence-electron chi connectivity index (χ2n) is 4.39. The first-order valence-corrected chi connectivity index (χ1v) is 6.39. The molecule has 0 aliphatic rings. The van der Waals surface area contributed by atoms with Crippen molar-refractivity contribution in [2.45, 2.75) is 6.61 Å². The first-order valence-electron chi connectivity index (χ1n) is 6.39. The summed E-state index contributed by atoms with van der Waals surface area (Å²) in [5, 5.41) is 6.30. The second-order valence-corrected chi connectivity index (χ2v) is 4.39. The number of hydrogen-bond donors (Lipinski definition) is 1. The molecule has 1 N–H and O–H groups in total. The van der Waals surface area contributed by atoms with Crippen molar-refractivity contribution in [3.05, 3.63) is 41.7 Å². The fraction of sp³-hybridized carbons (Fsp3) is 0.214. The van der Waals surface area contributed by atoms with E-state index >= 15 is 0 Å². The zero-order valence-corrected chi connectivity index (χ0v) is 12.2. The van der Waals surface area contributed by atoms with E-state index in [4.69, 9.17) is 0 Å². The number of carbonyl (C=O) groups is 2. The molecule has 122 valence electrons. The zero-order chi connectivity index (χ0) is 17.0. The van der Waals surface area contributed by atoms with Crippen LogP contribution in [0, 0.1) is 0 Å². The van der Waals surface area contributed by atoms with Crippen LogP contribution in [0.5, 0.6) is 5.75 Å². The molecular weight excluding hydrogens is 312 g/mol. The third-order valence-corrected chi connectivity index (χ3v) is 2.80. The number of methoxy groups -OCH3 is 1. The van der Waals surface area contributed by atoms with Crippen LogP contribution in [0.15, 0.2) is 30.5 Å². The van der Waals surface area contributed by atoms with E-state index in [2.05, 4.69) is 19.9 Å². The molecule has 0 bridgehead atoms. The molecule has 1 heterocycles. The van der Waals surface area contributed by atoms with Crippen molar-refractivity contribution in [1.82, 2.24) is 9.78 Å². The molecule has 7 nitrogen and oxygen atoms in total. The third-order valence-electron chi connectivity index (χ3n) is 2.80. The number of aryl methyl sites for hydroxylation is 1. The van der Waals surface area contributed by atoms with Gasteiger partial charge in [0.2, 0.25) is 0 Å². The maximum atomic E-state index is 12.4. The molecule has 0 fully saturated rings. The highest BCUT2D eigenvalue weighted by Gasteiger charge is 2.21. The SMILES string of the molecule is COC(=O)c1nn(C)cc1NC(=O)c1ccccc1OC(F)F. The molecule has 0 spiro atoms. The Kier molecular flexibility index (Phi) is 4.89. The standard InChI is InChI=1S/C14H13F2N3O4/c1-19-7-9(11(18-19)13(21)22-2)17-12(20)8-5-3-4-6-10(8)23-14(15)16/h3-7,14H,1-2H3,(H,17,20). The molecule has 0 atom stereocenters. The van der Waals surface area contributed by atoms with Crippen LogP contribution in [0.3, 0.4) is 0 Å². The van der Waals surface area contributed by atoms with Crippen molar-refractivity contribution in [1.29, 1.82) is 0 Å². The Morgan fingerprint density at radius 1 is 1.30 bits per heavy atom. The number of hydrogen-bond acceptors (Lipinski definition) is 5. The van der Waals surface area contributed by atoms with Crippen molar-refractivity contribution in [3.63, 3.8) is 0 Å². The predicted octanol–water partition coefficient (Wildman–Crippen LogP) is 2.06. The molecule has 0 saturated heterocycles. The van der Waals surface area contributed by atoms with Gasteiger partial charge in [-0.25, -0.2) is 4.79 Å². The summed E-state index contributed by atoms with van der Waals surface area (Å²) in [6, 6.07) is 5.52. The molecule has 0 aliphatic carbocycles. The molecule has 23 heavy (non-hydrogen) atoms. The maximum absolute atomic E-state index is 12.4. The van der Waals surface area contributed by atoms with Crippen LogP contribution in [-0.2, 0) is 11.8 Å². The Balaban J connectivity index is 2.28.